The third-order valence-electron chi connectivity index (χ3n) is 8.11. The molecule has 1 saturated heterocycles. The SMILES string of the molecule is CCC1C2=C(CC(C)(C)CC2=O)Nc2ccccc2N1CC(=O)N1CCN(c2nsc3ccccc23)CC1. The second-order valence-corrected chi connectivity index (χ2v) is 12.2. The fourth-order valence-electron chi connectivity index (χ4n) is 6.28. The number of rotatable bonds is 4. The summed E-state index contributed by atoms with van der Waals surface area (Å²) in [5.74, 6) is 1.33. The molecule has 0 saturated carbocycles. The fraction of sp³-hybridized carbons (Fsp3) is 0.433. The minimum atomic E-state index is -0.128. The number of hydrogen-bond acceptors (Lipinski definition) is 7. The molecule has 3 aromatic rings. The van der Waals surface area contributed by atoms with E-state index in [1.807, 2.05) is 23.1 Å². The Labute approximate surface area is 228 Å². The van der Waals surface area contributed by atoms with Crippen molar-refractivity contribution in [2.24, 2.45) is 5.41 Å². The van der Waals surface area contributed by atoms with Crippen molar-refractivity contribution in [2.75, 3.05) is 47.8 Å². The number of hydrogen-bond donors (Lipinski definition) is 1. The molecular formula is C30H35N5O2S. The van der Waals surface area contributed by atoms with Crippen molar-refractivity contribution in [1.29, 1.82) is 0 Å². The molecule has 0 spiro atoms. The van der Waals surface area contributed by atoms with Crippen LogP contribution in [0.4, 0.5) is 17.2 Å². The molecule has 2 aromatic carbocycles. The van der Waals surface area contributed by atoms with Gasteiger partial charge in [0.2, 0.25) is 5.91 Å². The molecule has 3 heterocycles. The Kier molecular flexibility index (Phi) is 6.38. The van der Waals surface area contributed by atoms with Crippen molar-refractivity contribution in [2.45, 2.75) is 46.1 Å². The van der Waals surface area contributed by atoms with Crippen LogP contribution >= 0.6 is 11.5 Å². The zero-order valence-electron chi connectivity index (χ0n) is 22.4. The van der Waals surface area contributed by atoms with Gasteiger partial charge in [-0.15, -0.1) is 0 Å². The number of fused-ring (bicyclic) bond motifs is 2. The Morgan fingerprint density at radius 3 is 2.58 bits per heavy atom. The number of benzene rings is 2. The molecule has 7 nitrogen and oxygen atoms in total. The van der Waals surface area contributed by atoms with E-state index in [1.165, 1.54) is 21.6 Å². The normalized spacial score (nSPS) is 21.2. The quantitative estimate of drug-likeness (QED) is 0.495. The van der Waals surface area contributed by atoms with Crippen molar-refractivity contribution in [3.63, 3.8) is 0 Å². The van der Waals surface area contributed by atoms with Crippen molar-refractivity contribution in [3.8, 4) is 0 Å². The van der Waals surface area contributed by atoms with Gasteiger partial charge in [0.15, 0.2) is 5.78 Å². The number of carbonyl (C=O) groups is 2. The van der Waals surface area contributed by atoms with E-state index in [4.69, 9.17) is 4.37 Å². The second-order valence-electron chi connectivity index (χ2n) is 11.4. The zero-order chi connectivity index (χ0) is 26.4. The first-order valence-corrected chi connectivity index (χ1v) is 14.4. The summed E-state index contributed by atoms with van der Waals surface area (Å²) in [5.41, 5.74) is 3.75. The maximum absolute atomic E-state index is 13.7. The van der Waals surface area contributed by atoms with Gasteiger partial charge in [-0.25, -0.2) is 0 Å². The number of piperazine rings is 1. The average molecular weight is 530 g/mol. The van der Waals surface area contributed by atoms with Crippen molar-refractivity contribution < 1.29 is 9.59 Å². The number of nitrogens with one attached hydrogen (secondary N) is 1. The predicted octanol–water partition coefficient (Wildman–Crippen LogP) is 5.30. The van der Waals surface area contributed by atoms with E-state index >= 15 is 0 Å². The zero-order valence-corrected chi connectivity index (χ0v) is 23.2. The van der Waals surface area contributed by atoms with Gasteiger partial charge in [0.05, 0.1) is 28.7 Å². The highest BCUT2D eigenvalue weighted by Crippen LogP contribution is 2.44. The number of nitrogens with zero attached hydrogens (tertiary/aromatic N) is 4. The van der Waals surface area contributed by atoms with Crippen molar-refractivity contribution in [1.82, 2.24) is 9.27 Å². The lowest BCUT2D eigenvalue weighted by Crippen LogP contribution is -2.53. The maximum Gasteiger partial charge on any atom is 0.242 e. The van der Waals surface area contributed by atoms with Crippen LogP contribution in [0, 0.1) is 5.41 Å². The number of aromatic nitrogens is 1. The van der Waals surface area contributed by atoms with Crippen LogP contribution in [0.15, 0.2) is 59.8 Å². The van der Waals surface area contributed by atoms with Gasteiger partial charge in [-0.2, -0.15) is 4.37 Å². The van der Waals surface area contributed by atoms with Gasteiger partial charge in [0, 0.05) is 49.3 Å². The molecule has 198 valence electrons. The molecule has 1 aromatic heterocycles. The van der Waals surface area contributed by atoms with E-state index < -0.39 is 0 Å². The highest BCUT2D eigenvalue weighted by molar-refractivity contribution is 7.13. The summed E-state index contributed by atoms with van der Waals surface area (Å²) in [6.45, 7) is 9.53. The molecule has 38 heavy (non-hydrogen) atoms. The third-order valence-corrected chi connectivity index (χ3v) is 8.93. The lowest BCUT2D eigenvalue weighted by atomic mass is 9.74. The number of anilines is 3. The molecule has 8 heteroatoms. The van der Waals surface area contributed by atoms with Gasteiger partial charge in [0.25, 0.3) is 0 Å². The van der Waals surface area contributed by atoms with Crippen LogP contribution in [0.1, 0.15) is 40.0 Å². The number of Topliss-reactive ketones (excluding diaryl/α,β-unsaturated/α-hetero) is 1. The molecule has 0 bridgehead atoms. The largest absolute Gasteiger partial charge is 0.357 e. The van der Waals surface area contributed by atoms with E-state index in [-0.39, 0.29) is 29.7 Å². The Morgan fingerprint density at radius 2 is 1.79 bits per heavy atom. The van der Waals surface area contributed by atoms with E-state index in [1.54, 1.807) is 0 Å². The van der Waals surface area contributed by atoms with Crippen LogP contribution in [-0.4, -0.2) is 59.7 Å². The molecule has 0 radical (unpaired) electrons. The van der Waals surface area contributed by atoms with Gasteiger partial charge in [-0.05, 0) is 54.1 Å². The Bertz CT molecular complexity index is 1420. The second kappa shape index (κ2) is 9.73. The van der Waals surface area contributed by atoms with Gasteiger partial charge < -0.3 is 20.0 Å². The minimum absolute atomic E-state index is 0.0799. The van der Waals surface area contributed by atoms with Crippen LogP contribution in [0.25, 0.3) is 10.1 Å². The van der Waals surface area contributed by atoms with E-state index in [9.17, 15) is 9.59 Å². The highest BCUT2D eigenvalue weighted by atomic mass is 32.1. The lowest BCUT2D eigenvalue weighted by molar-refractivity contribution is -0.130. The van der Waals surface area contributed by atoms with Gasteiger partial charge in [-0.1, -0.05) is 45.0 Å². The summed E-state index contributed by atoms with van der Waals surface area (Å²) >= 11 is 1.53. The molecule has 1 atom stereocenters. The van der Waals surface area contributed by atoms with Crippen LogP contribution in [0.2, 0.25) is 0 Å². The number of carbonyl (C=O) groups excluding carboxylic acids is 2. The van der Waals surface area contributed by atoms with Crippen molar-refractivity contribution >= 4 is 50.5 Å². The topological polar surface area (TPSA) is 68.8 Å². The van der Waals surface area contributed by atoms with Gasteiger partial charge in [0.1, 0.15) is 5.82 Å². The summed E-state index contributed by atoms with van der Waals surface area (Å²) in [5, 5.41) is 4.79. The number of para-hydroxylation sites is 2. The van der Waals surface area contributed by atoms with Crippen LogP contribution < -0.4 is 15.1 Å². The summed E-state index contributed by atoms with van der Waals surface area (Å²) in [6, 6.07) is 16.3. The Hall–Kier alpha value is -3.39. The monoisotopic (exact) mass is 529 g/mol. The summed E-state index contributed by atoms with van der Waals surface area (Å²) in [6.07, 6.45) is 2.13. The standard InChI is InChI=1S/C30H35N5O2S/c1-4-23-28-22(17-30(2,3)18-25(28)36)31-21-10-6-7-11-24(21)35(23)19-27(37)33-13-15-34(16-14-33)29-20-9-5-8-12-26(20)38-32-29/h5-12,23,31H,4,13-19H2,1-3H3. The lowest BCUT2D eigenvalue weighted by Gasteiger charge is -2.39. The third kappa shape index (κ3) is 4.45. The van der Waals surface area contributed by atoms with E-state index in [0.717, 1.165) is 54.4 Å². The van der Waals surface area contributed by atoms with Gasteiger partial charge in [-0.3, -0.25) is 9.59 Å². The van der Waals surface area contributed by atoms with Crippen molar-refractivity contribution in [3.05, 3.63) is 59.8 Å². The fourth-order valence-corrected chi connectivity index (χ4v) is 7.08. The number of ketones is 1. The summed E-state index contributed by atoms with van der Waals surface area (Å²) in [4.78, 5) is 33.6. The molecule has 1 N–H and O–H groups in total. The van der Waals surface area contributed by atoms with Crippen LogP contribution in [-0.2, 0) is 9.59 Å². The number of allylic oxidation sites excluding steroid dienone is 1. The average Bonchev–Trinajstić information content (AvgIpc) is 3.28. The first-order chi connectivity index (χ1) is 18.3. The molecule has 6 rings (SSSR count). The molecule has 3 aliphatic rings. The first-order valence-electron chi connectivity index (χ1n) is 13.6. The summed E-state index contributed by atoms with van der Waals surface area (Å²) < 4.78 is 5.90. The first kappa shape index (κ1) is 24.9. The van der Waals surface area contributed by atoms with Crippen LogP contribution in [0.3, 0.4) is 0 Å². The Morgan fingerprint density at radius 1 is 1.05 bits per heavy atom. The van der Waals surface area contributed by atoms with Crippen LogP contribution in [0.5, 0.6) is 0 Å². The predicted molar refractivity (Wildman–Crippen MR) is 155 cm³/mol. The Balaban J connectivity index is 1.23. The molecule has 1 fully saturated rings. The van der Waals surface area contributed by atoms with Gasteiger partial charge >= 0.3 is 0 Å². The molecule has 1 amide bonds. The number of amides is 1. The molecular weight excluding hydrogens is 494 g/mol. The molecule has 2 aliphatic heterocycles. The smallest absolute Gasteiger partial charge is 0.242 e. The van der Waals surface area contributed by atoms with E-state index in [0.29, 0.717) is 19.5 Å². The summed E-state index contributed by atoms with van der Waals surface area (Å²) in [7, 11) is 0. The molecule has 1 unspecified atom stereocenters. The highest BCUT2D eigenvalue weighted by Gasteiger charge is 2.41. The minimum Gasteiger partial charge on any atom is -0.357 e. The molecule has 1 aliphatic carbocycles. The maximum atomic E-state index is 13.7. The van der Waals surface area contributed by atoms with E-state index in [2.05, 4.69) is 66.2 Å².